The smallest absolute Gasteiger partial charge is 0.0778 e. The number of rotatable bonds is 2. The van der Waals surface area contributed by atoms with Gasteiger partial charge in [-0.3, -0.25) is 0 Å². The van der Waals surface area contributed by atoms with Gasteiger partial charge in [0.05, 0.1) is 4.20 Å². The van der Waals surface area contributed by atoms with Crippen molar-refractivity contribution in [1.82, 2.24) is 0 Å². The molecule has 2 heteroatoms. The molecule has 12 heavy (non-hydrogen) atoms. The normalized spacial score (nSPS) is 8.75. The second kappa shape index (κ2) is 6.21. The number of thioether (sulfide) groups is 1. The fourth-order valence-electron chi connectivity index (χ4n) is 0.789. The summed E-state index contributed by atoms with van der Waals surface area (Å²) in [5.74, 6) is 1.05. The van der Waals surface area contributed by atoms with Crippen LogP contribution in [0.3, 0.4) is 0 Å². The lowest BCUT2D eigenvalue weighted by Gasteiger charge is -1.99. The van der Waals surface area contributed by atoms with Gasteiger partial charge in [-0.25, -0.2) is 0 Å². The van der Waals surface area contributed by atoms with Crippen LogP contribution in [0, 0.1) is 0 Å². The van der Waals surface area contributed by atoms with Crippen LogP contribution in [-0.2, 0) is 0 Å². The van der Waals surface area contributed by atoms with Crippen molar-refractivity contribution in [1.29, 1.82) is 0 Å². The van der Waals surface area contributed by atoms with E-state index in [0.29, 0.717) is 0 Å². The first-order valence-electron chi connectivity index (χ1n) is 3.56. The van der Waals surface area contributed by atoms with Gasteiger partial charge >= 0.3 is 0 Å². The Hall–Kier alpha value is -0.340. The average Bonchev–Trinajstić information content (AvgIpc) is 2.07. The van der Waals surface area contributed by atoms with Crippen LogP contribution in [0.4, 0.5) is 0 Å². The molecule has 0 saturated carbocycles. The Balaban J connectivity index is 0.00000121. The highest BCUT2D eigenvalue weighted by atomic mass is 32.2. The fourth-order valence-corrected chi connectivity index (χ4v) is 1.84. The maximum atomic E-state index is 5.18. The van der Waals surface area contributed by atoms with Crippen molar-refractivity contribution >= 4 is 28.2 Å². The van der Waals surface area contributed by atoms with Crippen LogP contribution in [-0.4, -0.2) is 9.95 Å². The van der Waals surface area contributed by atoms with E-state index >= 15 is 0 Å². The molecule has 0 saturated heterocycles. The highest BCUT2D eigenvalue weighted by molar-refractivity contribution is 8.23. The molecule has 0 N–H and O–H groups in total. The molecule has 0 bridgehead atoms. The molecule has 0 nitrogen and oxygen atoms in total. The Bertz CT molecular complexity index is 229. The van der Waals surface area contributed by atoms with Crippen LogP contribution in [0.2, 0.25) is 0 Å². The quantitative estimate of drug-likeness (QED) is 0.664. The summed E-state index contributed by atoms with van der Waals surface area (Å²) in [7, 11) is 0. The molecule has 0 fully saturated rings. The molecule has 0 radical (unpaired) electrons. The van der Waals surface area contributed by atoms with Gasteiger partial charge in [0.15, 0.2) is 0 Å². The topological polar surface area (TPSA) is 0 Å². The van der Waals surface area contributed by atoms with Gasteiger partial charge in [-0.2, -0.15) is 0 Å². The molecule has 0 spiro atoms. The molecule has 0 aliphatic heterocycles. The van der Waals surface area contributed by atoms with Gasteiger partial charge in [0.25, 0.3) is 0 Å². The monoisotopic (exact) mass is 198 g/mol. The molecule has 1 aromatic carbocycles. The molecule has 0 aromatic heterocycles. The molecule has 0 aliphatic rings. The molecular weight excluding hydrogens is 184 g/mol. The van der Waals surface area contributed by atoms with E-state index < -0.39 is 0 Å². The van der Waals surface area contributed by atoms with E-state index in [1.807, 2.05) is 30.3 Å². The summed E-state index contributed by atoms with van der Waals surface area (Å²) >= 11 is 6.90. The van der Waals surface area contributed by atoms with E-state index in [-0.39, 0.29) is 7.43 Å². The maximum Gasteiger partial charge on any atom is 0.0778 e. The Labute approximate surface area is 84.4 Å². The summed E-state index contributed by atoms with van der Waals surface area (Å²) in [6, 6.07) is 10.1. The molecule has 66 valence electrons. The standard InChI is InChI=1S/C9H10S2.CH4/c1-2-11-9(10)8-6-4-3-5-7-8;/h3-7H,2H2,1H3;1H4. The first-order chi connectivity index (χ1) is 5.34. The molecule has 0 heterocycles. The van der Waals surface area contributed by atoms with Crippen molar-refractivity contribution < 1.29 is 0 Å². The van der Waals surface area contributed by atoms with E-state index in [1.54, 1.807) is 11.8 Å². The third-order valence-electron chi connectivity index (χ3n) is 1.28. The Kier molecular flexibility index (Phi) is 6.03. The second-order valence-corrected chi connectivity index (χ2v) is 4.03. The molecule has 0 amide bonds. The van der Waals surface area contributed by atoms with Crippen LogP contribution in [0.1, 0.15) is 19.9 Å². The minimum Gasteiger partial charge on any atom is -0.114 e. The van der Waals surface area contributed by atoms with E-state index in [9.17, 15) is 0 Å². The van der Waals surface area contributed by atoms with Gasteiger partial charge in [0.2, 0.25) is 0 Å². The van der Waals surface area contributed by atoms with E-state index in [4.69, 9.17) is 12.2 Å². The third-order valence-corrected chi connectivity index (χ3v) is 2.66. The maximum absolute atomic E-state index is 5.18. The predicted molar refractivity (Wildman–Crippen MR) is 63.0 cm³/mol. The summed E-state index contributed by atoms with van der Waals surface area (Å²) < 4.78 is 0.994. The summed E-state index contributed by atoms with van der Waals surface area (Å²) in [6.07, 6.45) is 0. The largest absolute Gasteiger partial charge is 0.114 e. The van der Waals surface area contributed by atoms with Crippen LogP contribution in [0.25, 0.3) is 0 Å². The van der Waals surface area contributed by atoms with Crippen molar-refractivity contribution in [3.63, 3.8) is 0 Å². The van der Waals surface area contributed by atoms with Gasteiger partial charge in [-0.1, -0.05) is 56.9 Å². The van der Waals surface area contributed by atoms with E-state index in [2.05, 4.69) is 6.92 Å². The van der Waals surface area contributed by atoms with Crippen LogP contribution < -0.4 is 0 Å². The third kappa shape index (κ3) is 3.37. The highest BCUT2D eigenvalue weighted by Crippen LogP contribution is 2.12. The van der Waals surface area contributed by atoms with Gasteiger partial charge in [-0.15, -0.1) is 11.8 Å². The van der Waals surface area contributed by atoms with Gasteiger partial charge in [-0.05, 0) is 11.3 Å². The van der Waals surface area contributed by atoms with Gasteiger partial charge in [0, 0.05) is 0 Å². The number of hydrogen-bond donors (Lipinski definition) is 0. The van der Waals surface area contributed by atoms with Crippen molar-refractivity contribution in [2.24, 2.45) is 0 Å². The van der Waals surface area contributed by atoms with E-state index in [1.165, 1.54) is 0 Å². The summed E-state index contributed by atoms with van der Waals surface area (Å²) in [6.45, 7) is 2.11. The van der Waals surface area contributed by atoms with E-state index in [0.717, 1.165) is 15.5 Å². The summed E-state index contributed by atoms with van der Waals surface area (Å²) in [5, 5.41) is 0. The summed E-state index contributed by atoms with van der Waals surface area (Å²) in [5.41, 5.74) is 1.16. The molecule has 1 aromatic rings. The predicted octanol–water partition coefficient (Wildman–Crippen LogP) is 3.75. The minimum absolute atomic E-state index is 0. The minimum atomic E-state index is 0. The van der Waals surface area contributed by atoms with Crippen molar-refractivity contribution in [3.8, 4) is 0 Å². The zero-order valence-electron chi connectivity index (χ0n) is 6.41. The molecule has 1 rings (SSSR count). The van der Waals surface area contributed by atoms with Crippen molar-refractivity contribution in [3.05, 3.63) is 35.9 Å². The molecule has 0 aliphatic carbocycles. The first kappa shape index (κ1) is 11.7. The molecule has 0 unspecified atom stereocenters. The zero-order valence-corrected chi connectivity index (χ0v) is 8.04. The molecular formula is C10H14S2. The number of thiocarbonyl (C=S) groups is 1. The van der Waals surface area contributed by atoms with Crippen molar-refractivity contribution in [2.75, 3.05) is 5.75 Å². The van der Waals surface area contributed by atoms with Crippen molar-refractivity contribution in [2.45, 2.75) is 14.4 Å². The lowest BCUT2D eigenvalue weighted by molar-refractivity contribution is 1.54. The zero-order chi connectivity index (χ0) is 8.10. The Morgan fingerprint density at radius 3 is 2.42 bits per heavy atom. The Morgan fingerprint density at radius 2 is 1.92 bits per heavy atom. The number of benzene rings is 1. The number of hydrogen-bond acceptors (Lipinski definition) is 2. The highest BCUT2D eigenvalue weighted by Gasteiger charge is 1.97. The average molecular weight is 198 g/mol. The molecule has 0 atom stereocenters. The fraction of sp³-hybridized carbons (Fsp3) is 0.300. The van der Waals surface area contributed by atoms with Crippen LogP contribution in [0.15, 0.2) is 30.3 Å². The first-order valence-corrected chi connectivity index (χ1v) is 4.96. The van der Waals surface area contributed by atoms with Gasteiger partial charge in [0.1, 0.15) is 0 Å². The SMILES string of the molecule is C.CCSC(=S)c1ccccc1. The second-order valence-electron chi connectivity index (χ2n) is 2.09. The van der Waals surface area contributed by atoms with Gasteiger partial charge < -0.3 is 0 Å². The lowest BCUT2D eigenvalue weighted by atomic mass is 10.2. The van der Waals surface area contributed by atoms with Crippen LogP contribution >= 0.6 is 24.0 Å². The Morgan fingerprint density at radius 1 is 1.33 bits per heavy atom. The van der Waals surface area contributed by atoms with Crippen LogP contribution in [0.5, 0.6) is 0 Å². The summed E-state index contributed by atoms with van der Waals surface area (Å²) in [4.78, 5) is 0. The lowest BCUT2D eigenvalue weighted by Crippen LogP contribution is -1.90.